The monoisotopic (exact) mass is 211 g/mol. The van der Waals surface area contributed by atoms with Crippen LogP contribution in [0.1, 0.15) is 37.4 Å². The van der Waals surface area contributed by atoms with Gasteiger partial charge in [-0.2, -0.15) is 4.98 Å². The van der Waals surface area contributed by atoms with Crippen molar-refractivity contribution in [2.45, 2.75) is 38.2 Å². The fourth-order valence-electron chi connectivity index (χ4n) is 1.84. The summed E-state index contributed by atoms with van der Waals surface area (Å²) in [6, 6.07) is 0. The van der Waals surface area contributed by atoms with Crippen LogP contribution < -0.4 is 5.32 Å². The molecule has 2 rings (SSSR count). The quantitative estimate of drug-likeness (QED) is 0.760. The van der Waals surface area contributed by atoms with Gasteiger partial charge in [-0.15, -0.1) is 0 Å². The first-order valence-corrected chi connectivity index (χ1v) is 5.47. The molecule has 84 valence electrons. The zero-order valence-corrected chi connectivity index (χ0v) is 8.94. The molecule has 1 fully saturated rings. The Kier molecular flexibility index (Phi) is 3.33. The van der Waals surface area contributed by atoms with Gasteiger partial charge >= 0.3 is 0 Å². The van der Waals surface area contributed by atoms with Crippen molar-refractivity contribution in [3.63, 3.8) is 0 Å². The maximum atomic E-state index is 9.19. The molecule has 1 aliphatic rings. The first-order valence-electron chi connectivity index (χ1n) is 5.47. The van der Waals surface area contributed by atoms with Crippen molar-refractivity contribution >= 4 is 0 Å². The van der Waals surface area contributed by atoms with Gasteiger partial charge in [0, 0.05) is 13.0 Å². The molecule has 0 saturated carbocycles. The van der Waals surface area contributed by atoms with Gasteiger partial charge in [0.1, 0.15) is 0 Å². The van der Waals surface area contributed by atoms with Crippen molar-refractivity contribution < 1.29 is 9.63 Å². The number of hydrogen-bond donors (Lipinski definition) is 2. The Morgan fingerprint density at radius 1 is 1.67 bits per heavy atom. The minimum atomic E-state index is -0.417. The third-order valence-corrected chi connectivity index (χ3v) is 2.61. The number of rotatable bonds is 3. The Morgan fingerprint density at radius 3 is 3.20 bits per heavy atom. The van der Waals surface area contributed by atoms with Crippen LogP contribution in [0.5, 0.6) is 0 Å². The lowest BCUT2D eigenvalue weighted by Gasteiger charge is -2.18. The predicted octanol–water partition coefficient (Wildman–Crippen LogP) is 0.460. The van der Waals surface area contributed by atoms with Gasteiger partial charge in [0.15, 0.2) is 5.82 Å². The van der Waals surface area contributed by atoms with Gasteiger partial charge in [-0.1, -0.05) is 5.16 Å². The molecule has 2 N–H and O–H groups in total. The molecule has 0 aliphatic carbocycles. The van der Waals surface area contributed by atoms with Gasteiger partial charge in [-0.3, -0.25) is 0 Å². The second kappa shape index (κ2) is 4.72. The van der Waals surface area contributed by atoms with E-state index < -0.39 is 6.10 Å². The summed E-state index contributed by atoms with van der Waals surface area (Å²) in [4.78, 5) is 4.30. The zero-order valence-electron chi connectivity index (χ0n) is 8.94. The molecule has 1 aliphatic heterocycles. The lowest BCUT2D eigenvalue weighted by Crippen LogP contribution is -2.28. The number of aliphatic hydroxyl groups excluding tert-OH is 1. The van der Waals surface area contributed by atoms with E-state index in [9.17, 15) is 5.11 Å². The van der Waals surface area contributed by atoms with Crippen molar-refractivity contribution in [3.8, 4) is 0 Å². The first-order chi connectivity index (χ1) is 7.25. The van der Waals surface area contributed by atoms with Crippen molar-refractivity contribution in [1.82, 2.24) is 15.5 Å². The van der Waals surface area contributed by atoms with E-state index in [1.165, 1.54) is 0 Å². The van der Waals surface area contributed by atoms with Crippen LogP contribution in [0.4, 0.5) is 0 Å². The van der Waals surface area contributed by atoms with Crippen LogP contribution in [-0.2, 0) is 6.42 Å². The van der Waals surface area contributed by atoms with Crippen LogP contribution in [0.15, 0.2) is 4.52 Å². The van der Waals surface area contributed by atoms with Crippen LogP contribution >= 0.6 is 0 Å². The van der Waals surface area contributed by atoms with Gasteiger partial charge < -0.3 is 14.9 Å². The lowest BCUT2D eigenvalue weighted by molar-refractivity contribution is 0.191. The summed E-state index contributed by atoms with van der Waals surface area (Å²) in [5.74, 6) is 1.65. The van der Waals surface area contributed by atoms with Gasteiger partial charge in [0.25, 0.3) is 0 Å². The molecular weight excluding hydrogens is 194 g/mol. The molecule has 0 spiro atoms. The molecule has 0 radical (unpaired) electrons. The Hall–Kier alpha value is -0.940. The fraction of sp³-hybridized carbons (Fsp3) is 0.800. The van der Waals surface area contributed by atoms with E-state index in [0.29, 0.717) is 24.1 Å². The largest absolute Gasteiger partial charge is 0.393 e. The minimum absolute atomic E-state index is 0.342. The number of nitrogens with one attached hydrogen (secondary N) is 1. The van der Waals surface area contributed by atoms with Crippen LogP contribution in [0.25, 0.3) is 0 Å². The SMILES string of the molecule is CC(O)Cc1noc(C2CCCNC2)n1. The summed E-state index contributed by atoms with van der Waals surface area (Å²) >= 11 is 0. The van der Waals surface area contributed by atoms with E-state index in [-0.39, 0.29) is 0 Å². The number of hydrogen-bond acceptors (Lipinski definition) is 5. The Morgan fingerprint density at radius 2 is 2.53 bits per heavy atom. The van der Waals surface area contributed by atoms with E-state index in [1.54, 1.807) is 6.92 Å². The molecule has 0 bridgehead atoms. The molecular formula is C10H17N3O2. The molecule has 0 amide bonds. The molecule has 1 saturated heterocycles. The Labute approximate surface area is 88.9 Å². The summed E-state index contributed by atoms with van der Waals surface area (Å²) < 4.78 is 5.19. The van der Waals surface area contributed by atoms with Crippen molar-refractivity contribution in [1.29, 1.82) is 0 Å². The standard InChI is InChI=1S/C10H17N3O2/c1-7(14)5-9-12-10(15-13-9)8-3-2-4-11-6-8/h7-8,11,14H,2-6H2,1H3. The normalized spacial score (nSPS) is 24.0. The van der Waals surface area contributed by atoms with Gasteiger partial charge in [0.05, 0.1) is 12.0 Å². The number of piperidine rings is 1. The number of aromatic nitrogens is 2. The minimum Gasteiger partial charge on any atom is -0.393 e. The maximum absolute atomic E-state index is 9.19. The lowest BCUT2D eigenvalue weighted by atomic mass is 10.00. The highest BCUT2D eigenvalue weighted by atomic mass is 16.5. The predicted molar refractivity (Wildman–Crippen MR) is 54.5 cm³/mol. The highest BCUT2D eigenvalue weighted by Crippen LogP contribution is 2.21. The van der Waals surface area contributed by atoms with Gasteiger partial charge in [-0.05, 0) is 26.3 Å². The highest BCUT2D eigenvalue weighted by Gasteiger charge is 2.21. The Balaban J connectivity index is 1.99. The first kappa shape index (κ1) is 10.6. The summed E-state index contributed by atoms with van der Waals surface area (Å²) in [7, 11) is 0. The Bertz CT molecular complexity index is 305. The zero-order chi connectivity index (χ0) is 10.7. The second-order valence-corrected chi connectivity index (χ2v) is 4.15. The molecule has 2 atom stereocenters. The van der Waals surface area contributed by atoms with E-state index in [2.05, 4.69) is 15.5 Å². The molecule has 15 heavy (non-hydrogen) atoms. The van der Waals surface area contributed by atoms with Gasteiger partial charge in [-0.25, -0.2) is 0 Å². The highest BCUT2D eigenvalue weighted by molar-refractivity contribution is 4.97. The van der Waals surface area contributed by atoms with E-state index in [4.69, 9.17) is 4.52 Å². The van der Waals surface area contributed by atoms with E-state index in [0.717, 1.165) is 25.9 Å². The average molecular weight is 211 g/mol. The molecule has 0 aromatic carbocycles. The van der Waals surface area contributed by atoms with Crippen LogP contribution in [0.3, 0.4) is 0 Å². The molecule has 2 heterocycles. The van der Waals surface area contributed by atoms with Gasteiger partial charge in [0.2, 0.25) is 5.89 Å². The van der Waals surface area contributed by atoms with Crippen LogP contribution in [0, 0.1) is 0 Å². The number of aliphatic hydroxyl groups is 1. The molecule has 5 nitrogen and oxygen atoms in total. The van der Waals surface area contributed by atoms with E-state index >= 15 is 0 Å². The molecule has 1 aromatic heterocycles. The number of nitrogens with zero attached hydrogens (tertiary/aromatic N) is 2. The fourth-order valence-corrected chi connectivity index (χ4v) is 1.84. The smallest absolute Gasteiger partial charge is 0.231 e. The van der Waals surface area contributed by atoms with E-state index in [1.807, 2.05) is 0 Å². The van der Waals surface area contributed by atoms with Crippen LogP contribution in [0.2, 0.25) is 0 Å². The topological polar surface area (TPSA) is 71.2 Å². The third-order valence-electron chi connectivity index (χ3n) is 2.61. The van der Waals surface area contributed by atoms with Crippen LogP contribution in [-0.4, -0.2) is 34.4 Å². The van der Waals surface area contributed by atoms with Crippen molar-refractivity contribution in [2.24, 2.45) is 0 Å². The molecule has 2 unspecified atom stereocenters. The second-order valence-electron chi connectivity index (χ2n) is 4.15. The van der Waals surface area contributed by atoms with Crippen molar-refractivity contribution in [3.05, 3.63) is 11.7 Å². The summed E-state index contributed by atoms with van der Waals surface area (Å²) in [6.45, 7) is 3.71. The molecule has 1 aromatic rings. The maximum Gasteiger partial charge on any atom is 0.231 e. The van der Waals surface area contributed by atoms with Crippen molar-refractivity contribution in [2.75, 3.05) is 13.1 Å². The summed E-state index contributed by atoms with van der Waals surface area (Å²) in [5.41, 5.74) is 0. The summed E-state index contributed by atoms with van der Waals surface area (Å²) in [6.07, 6.45) is 2.30. The third kappa shape index (κ3) is 2.76. The summed E-state index contributed by atoms with van der Waals surface area (Å²) in [5, 5.41) is 16.4. The molecule has 5 heteroatoms. The average Bonchev–Trinajstić information content (AvgIpc) is 2.67.